The van der Waals surface area contributed by atoms with E-state index in [0.29, 0.717) is 54.9 Å². The van der Waals surface area contributed by atoms with Gasteiger partial charge in [0.2, 0.25) is 5.82 Å². The number of carbonyl (C=O) groups is 2. The molecule has 0 spiro atoms. The maximum absolute atomic E-state index is 13.0. The van der Waals surface area contributed by atoms with Crippen molar-refractivity contribution in [2.24, 2.45) is 0 Å². The lowest BCUT2D eigenvalue weighted by Gasteiger charge is -2.34. The quantitative estimate of drug-likeness (QED) is 0.547. The van der Waals surface area contributed by atoms with Crippen LogP contribution in [0.4, 0.5) is 5.82 Å². The van der Waals surface area contributed by atoms with Gasteiger partial charge in [-0.1, -0.05) is 23.7 Å². The van der Waals surface area contributed by atoms with E-state index < -0.39 is 0 Å². The van der Waals surface area contributed by atoms with Gasteiger partial charge in [0, 0.05) is 32.4 Å². The number of piperazine rings is 1. The lowest BCUT2D eigenvalue weighted by Crippen LogP contribution is -2.49. The maximum Gasteiger partial charge on any atom is 0.339 e. The van der Waals surface area contributed by atoms with Crippen molar-refractivity contribution >= 4 is 29.3 Å². The lowest BCUT2D eigenvalue weighted by atomic mass is 10.2. The molecule has 1 amide bonds. The topological polar surface area (TPSA) is 93.5 Å². The number of hydrogen-bond acceptors (Lipinski definition) is 7. The summed E-state index contributed by atoms with van der Waals surface area (Å²) in [5.41, 5.74) is 1.10. The highest BCUT2D eigenvalue weighted by Crippen LogP contribution is 2.21. The zero-order valence-electron chi connectivity index (χ0n) is 17.9. The van der Waals surface area contributed by atoms with Crippen LogP contribution in [0.3, 0.4) is 0 Å². The number of anilines is 1. The molecule has 9 nitrogen and oxygen atoms in total. The molecule has 166 valence electrons. The number of para-hydroxylation sites is 1. The highest BCUT2D eigenvalue weighted by atomic mass is 35.5. The van der Waals surface area contributed by atoms with E-state index in [2.05, 4.69) is 20.0 Å². The summed E-state index contributed by atoms with van der Waals surface area (Å²) < 4.78 is 6.57. The molecule has 0 atom stereocenters. The first-order valence-corrected chi connectivity index (χ1v) is 10.7. The van der Waals surface area contributed by atoms with Gasteiger partial charge >= 0.3 is 5.97 Å². The largest absolute Gasteiger partial charge is 0.462 e. The monoisotopic (exact) mass is 454 g/mol. The third-order valence-electron chi connectivity index (χ3n) is 5.19. The molecular formula is C22H23ClN6O3. The molecule has 0 bridgehead atoms. The smallest absolute Gasteiger partial charge is 0.339 e. The molecule has 0 radical (unpaired) electrons. The zero-order valence-corrected chi connectivity index (χ0v) is 18.6. The first-order chi connectivity index (χ1) is 15.5. The fraction of sp³-hybridized carbons (Fsp3) is 0.318. The van der Waals surface area contributed by atoms with Gasteiger partial charge in [0.25, 0.3) is 5.91 Å². The fourth-order valence-corrected chi connectivity index (χ4v) is 3.74. The highest BCUT2D eigenvalue weighted by molar-refractivity contribution is 6.32. The first kappa shape index (κ1) is 21.8. The molecule has 1 aliphatic rings. The van der Waals surface area contributed by atoms with Gasteiger partial charge in [0.15, 0.2) is 0 Å². The second-order valence-corrected chi connectivity index (χ2v) is 7.66. The van der Waals surface area contributed by atoms with Crippen LogP contribution in [0.2, 0.25) is 5.02 Å². The van der Waals surface area contributed by atoms with Crippen LogP contribution < -0.4 is 4.90 Å². The molecule has 32 heavy (non-hydrogen) atoms. The SMILES string of the molecule is CCOC(=O)c1ccc(N2CCN(C(=O)c3nc(C)n(-c4ccccc4Cl)n3)CC2)nc1. The van der Waals surface area contributed by atoms with Crippen molar-refractivity contribution < 1.29 is 14.3 Å². The number of carbonyl (C=O) groups excluding carboxylic acids is 2. The van der Waals surface area contributed by atoms with E-state index in [-0.39, 0.29) is 17.7 Å². The van der Waals surface area contributed by atoms with Crippen LogP contribution in [0.1, 0.15) is 33.7 Å². The molecule has 1 fully saturated rings. The number of aromatic nitrogens is 4. The summed E-state index contributed by atoms with van der Waals surface area (Å²) in [4.78, 5) is 37.3. The molecule has 2 aromatic heterocycles. The normalized spacial score (nSPS) is 13.8. The summed E-state index contributed by atoms with van der Waals surface area (Å²) in [6.45, 7) is 6.12. The van der Waals surface area contributed by atoms with Crippen molar-refractivity contribution in [1.82, 2.24) is 24.6 Å². The van der Waals surface area contributed by atoms with E-state index in [9.17, 15) is 9.59 Å². The Morgan fingerprint density at radius 2 is 1.84 bits per heavy atom. The van der Waals surface area contributed by atoms with E-state index >= 15 is 0 Å². The van der Waals surface area contributed by atoms with Gasteiger partial charge in [0.05, 0.1) is 22.9 Å². The van der Waals surface area contributed by atoms with E-state index in [1.165, 1.54) is 6.20 Å². The van der Waals surface area contributed by atoms with Gasteiger partial charge in [-0.15, -0.1) is 5.10 Å². The maximum atomic E-state index is 13.0. The Labute approximate surface area is 190 Å². The zero-order chi connectivity index (χ0) is 22.7. The Hall–Kier alpha value is -3.46. The number of esters is 1. The number of halogens is 1. The number of rotatable bonds is 5. The summed E-state index contributed by atoms with van der Waals surface area (Å²) in [6.07, 6.45) is 1.51. The second-order valence-electron chi connectivity index (χ2n) is 7.25. The summed E-state index contributed by atoms with van der Waals surface area (Å²) in [6, 6.07) is 10.8. The minimum absolute atomic E-state index is 0.146. The number of aryl methyl sites for hydroxylation is 1. The third kappa shape index (κ3) is 4.43. The molecule has 0 aliphatic carbocycles. The lowest BCUT2D eigenvalue weighted by molar-refractivity contribution is 0.0525. The van der Waals surface area contributed by atoms with Crippen molar-refractivity contribution in [3.05, 3.63) is 64.8 Å². The van der Waals surface area contributed by atoms with Gasteiger partial charge in [0.1, 0.15) is 11.6 Å². The van der Waals surface area contributed by atoms with Crippen LogP contribution in [-0.2, 0) is 4.74 Å². The fourth-order valence-electron chi connectivity index (χ4n) is 3.52. The summed E-state index contributed by atoms with van der Waals surface area (Å²) in [5, 5.41) is 4.93. The van der Waals surface area contributed by atoms with E-state index in [1.807, 2.05) is 18.2 Å². The Kier molecular flexibility index (Phi) is 6.36. The molecular weight excluding hydrogens is 432 g/mol. The van der Waals surface area contributed by atoms with E-state index in [1.54, 1.807) is 41.6 Å². The van der Waals surface area contributed by atoms with E-state index in [0.717, 1.165) is 5.82 Å². The summed E-state index contributed by atoms with van der Waals surface area (Å²) in [5.74, 6) is 0.881. The molecule has 0 unspecified atom stereocenters. The Morgan fingerprint density at radius 3 is 2.50 bits per heavy atom. The molecule has 4 rings (SSSR count). The van der Waals surface area contributed by atoms with Gasteiger partial charge in [-0.3, -0.25) is 4.79 Å². The van der Waals surface area contributed by atoms with Crippen LogP contribution >= 0.6 is 11.6 Å². The van der Waals surface area contributed by atoms with Crippen molar-refractivity contribution in [3.63, 3.8) is 0 Å². The molecule has 1 saturated heterocycles. The predicted molar refractivity (Wildman–Crippen MR) is 119 cm³/mol. The minimum atomic E-state index is -0.388. The van der Waals surface area contributed by atoms with Gasteiger partial charge in [-0.2, -0.15) is 0 Å². The van der Waals surface area contributed by atoms with Crippen LogP contribution in [0.25, 0.3) is 5.69 Å². The number of hydrogen-bond donors (Lipinski definition) is 0. The number of pyridine rings is 1. The van der Waals surface area contributed by atoms with Crippen LogP contribution in [0.15, 0.2) is 42.6 Å². The number of benzene rings is 1. The molecule has 1 aromatic carbocycles. The van der Waals surface area contributed by atoms with Gasteiger partial charge < -0.3 is 14.5 Å². The third-order valence-corrected chi connectivity index (χ3v) is 5.51. The highest BCUT2D eigenvalue weighted by Gasteiger charge is 2.26. The van der Waals surface area contributed by atoms with Crippen molar-refractivity contribution in [3.8, 4) is 5.69 Å². The Balaban J connectivity index is 1.40. The predicted octanol–water partition coefficient (Wildman–Crippen LogP) is 2.76. The Morgan fingerprint density at radius 1 is 1.09 bits per heavy atom. The van der Waals surface area contributed by atoms with Crippen molar-refractivity contribution in [2.75, 3.05) is 37.7 Å². The van der Waals surface area contributed by atoms with Crippen molar-refractivity contribution in [2.45, 2.75) is 13.8 Å². The average molecular weight is 455 g/mol. The first-order valence-electron chi connectivity index (χ1n) is 10.3. The summed E-state index contributed by atoms with van der Waals surface area (Å²) >= 11 is 6.26. The number of nitrogens with zero attached hydrogens (tertiary/aromatic N) is 6. The summed E-state index contributed by atoms with van der Waals surface area (Å²) in [7, 11) is 0. The number of amides is 1. The standard InChI is InChI=1S/C22H23ClN6O3/c1-3-32-22(31)16-8-9-19(24-14-16)27-10-12-28(13-11-27)21(30)20-25-15(2)29(26-20)18-7-5-4-6-17(18)23/h4-9,14H,3,10-13H2,1-2H3. The molecule has 3 aromatic rings. The van der Waals surface area contributed by atoms with Crippen LogP contribution in [0, 0.1) is 6.92 Å². The Bertz CT molecular complexity index is 1120. The number of ether oxygens (including phenoxy) is 1. The average Bonchev–Trinajstić information content (AvgIpc) is 3.20. The molecule has 1 aliphatic heterocycles. The second kappa shape index (κ2) is 9.35. The van der Waals surface area contributed by atoms with Gasteiger partial charge in [-0.05, 0) is 38.1 Å². The minimum Gasteiger partial charge on any atom is -0.462 e. The van der Waals surface area contributed by atoms with Crippen LogP contribution in [-0.4, -0.2) is 69.3 Å². The molecule has 3 heterocycles. The van der Waals surface area contributed by atoms with Gasteiger partial charge in [-0.25, -0.2) is 19.4 Å². The van der Waals surface area contributed by atoms with E-state index in [4.69, 9.17) is 16.3 Å². The van der Waals surface area contributed by atoms with Crippen molar-refractivity contribution in [1.29, 1.82) is 0 Å². The molecule has 10 heteroatoms. The molecule has 0 saturated carbocycles. The molecule has 0 N–H and O–H groups in total. The van der Waals surface area contributed by atoms with Crippen LogP contribution in [0.5, 0.6) is 0 Å².